The van der Waals surface area contributed by atoms with E-state index in [4.69, 9.17) is 5.73 Å². The number of carbonyl (C=O) groups is 1. The van der Waals surface area contributed by atoms with Gasteiger partial charge in [-0.1, -0.05) is 23.8 Å². The number of aromatic hydroxyl groups is 1. The molecule has 92 valence electrons. The number of hydrogen-bond donors (Lipinski definition) is 3. The summed E-state index contributed by atoms with van der Waals surface area (Å²) in [4.78, 5) is 12.0. The minimum absolute atomic E-state index is 0.0485. The van der Waals surface area contributed by atoms with Crippen molar-refractivity contribution >= 4 is 17.3 Å². The number of benzene rings is 2. The summed E-state index contributed by atoms with van der Waals surface area (Å²) in [6.07, 6.45) is 0. The highest BCUT2D eigenvalue weighted by molar-refractivity contribution is 6.07. The van der Waals surface area contributed by atoms with Gasteiger partial charge in [-0.05, 0) is 31.2 Å². The third-order valence-corrected chi connectivity index (χ3v) is 2.61. The van der Waals surface area contributed by atoms with Crippen LogP contribution in [0.5, 0.6) is 5.75 Å². The number of nitrogens with one attached hydrogen (secondary N) is 1. The molecule has 2 rings (SSSR count). The molecule has 0 radical (unpaired) electrons. The predicted molar refractivity (Wildman–Crippen MR) is 71.7 cm³/mol. The molecule has 0 unspecified atom stereocenters. The Morgan fingerprint density at radius 3 is 2.67 bits per heavy atom. The number of rotatable bonds is 2. The summed E-state index contributed by atoms with van der Waals surface area (Å²) in [6.45, 7) is 1.85. The van der Waals surface area contributed by atoms with Crippen LogP contribution in [0.1, 0.15) is 15.9 Å². The van der Waals surface area contributed by atoms with Gasteiger partial charge in [0.15, 0.2) is 0 Å². The number of phenolic OH excluding ortho intramolecular Hbond substituents is 1. The number of nitrogens with two attached hydrogens (primary N) is 1. The molecule has 4 heteroatoms. The second-order valence-electron chi connectivity index (χ2n) is 4.06. The molecule has 0 heterocycles. The van der Waals surface area contributed by atoms with Crippen LogP contribution in [-0.4, -0.2) is 11.0 Å². The Labute approximate surface area is 105 Å². The van der Waals surface area contributed by atoms with E-state index in [2.05, 4.69) is 5.32 Å². The van der Waals surface area contributed by atoms with Gasteiger partial charge < -0.3 is 16.2 Å². The van der Waals surface area contributed by atoms with Crippen LogP contribution in [-0.2, 0) is 0 Å². The Morgan fingerprint density at radius 2 is 1.94 bits per heavy atom. The third kappa shape index (κ3) is 2.43. The SMILES string of the molecule is Cc1ccc(O)c(C(=O)Nc2ccccc2N)c1. The van der Waals surface area contributed by atoms with Crippen LogP contribution in [0.4, 0.5) is 11.4 Å². The number of hydrogen-bond acceptors (Lipinski definition) is 3. The van der Waals surface area contributed by atoms with E-state index < -0.39 is 0 Å². The Balaban J connectivity index is 2.28. The Bertz CT molecular complexity index is 594. The van der Waals surface area contributed by atoms with Gasteiger partial charge in [-0.3, -0.25) is 4.79 Å². The van der Waals surface area contributed by atoms with Gasteiger partial charge in [0.2, 0.25) is 0 Å². The minimum atomic E-state index is -0.380. The van der Waals surface area contributed by atoms with Gasteiger partial charge in [0.25, 0.3) is 5.91 Å². The van der Waals surface area contributed by atoms with Crippen molar-refractivity contribution in [2.24, 2.45) is 0 Å². The number of phenols is 1. The molecule has 0 aromatic heterocycles. The molecule has 0 aliphatic heterocycles. The van der Waals surface area contributed by atoms with Gasteiger partial charge >= 0.3 is 0 Å². The molecular formula is C14H14N2O2. The molecule has 4 nitrogen and oxygen atoms in total. The maximum absolute atomic E-state index is 12.0. The summed E-state index contributed by atoms with van der Waals surface area (Å²) in [5, 5.41) is 12.3. The third-order valence-electron chi connectivity index (χ3n) is 2.61. The molecule has 0 aliphatic carbocycles. The first-order valence-corrected chi connectivity index (χ1v) is 5.53. The van der Waals surface area contributed by atoms with Crippen LogP contribution in [0.25, 0.3) is 0 Å². The van der Waals surface area contributed by atoms with Crippen molar-refractivity contribution in [3.8, 4) is 5.75 Å². The summed E-state index contributed by atoms with van der Waals surface area (Å²) < 4.78 is 0. The molecule has 0 bridgehead atoms. The summed E-state index contributed by atoms with van der Waals surface area (Å²) in [5.74, 6) is -0.429. The van der Waals surface area contributed by atoms with E-state index in [1.54, 1.807) is 36.4 Å². The first-order chi connectivity index (χ1) is 8.58. The quantitative estimate of drug-likeness (QED) is 0.708. The first-order valence-electron chi connectivity index (χ1n) is 5.53. The lowest BCUT2D eigenvalue weighted by Crippen LogP contribution is -2.13. The molecule has 2 aromatic carbocycles. The fraction of sp³-hybridized carbons (Fsp3) is 0.0714. The zero-order chi connectivity index (χ0) is 13.1. The zero-order valence-electron chi connectivity index (χ0n) is 9.97. The average molecular weight is 242 g/mol. The van der Waals surface area contributed by atoms with Gasteiger partial charge in [0.05, 0.1) is 16.9 Å². The van der Waals surface area contributed by atoms with E-state index in [1.807, 2.05) is 6.92 Å². The van der Waals surface area contributed by atoms with Gasteiger partial charge in [0.1, 0.15) is 5.75 Å². The van der Waals surface area contributed by atoms with E-state index in [0.29, 0.717) is 11.4 Å². The Hall–Kier alpha value is -2.49. The van der Waals surface area contributed by atoms with E-state index in [1.165, 1.54) is 6.07 Å². The first kappa shape index (κ1) is 12.0. The highest BCUT2D eigenvalue weighted by Crippen LogP contribution is 2.22. The Kier molecular flexibility index (Phi) is 3.19. The van der Waals surface area contributed by atoms with Gasteiger partial charge in [-0.25, -0.2) is 0 Å². The van der Waals surface area contributed by atoms with Crippen LogP contribution in [0.15, 0.2) is 42.5 Å². The molecule has 0 fully saturated rings. The van der Waals surface area contributed by atoms with Crippen molar-refractivity contribution in [3.05, 3.63) is 53.6 Å². The molecule has 1 amide bonds. The van der Waals surface area contributed by atoms with Crippen molar-refractivity contribution in [2.75, 3.05) is 11.1 Å². The number of amides is 1. The van der Waals surface area contributed by atoms with E-state index in [0.717, 1.165) is 5.56 Å². The van der Waals surface area contributed by atoms with Crippen molar-refractivity contribution in [1.82, 2.24) is 0 Å². The maximum Gasteiger partial charge on any atom is 0.259 e. The molecule has 2 aromatic rings. The van der Waals surface area contributed by atoms with Crippen molar-refractivity contribution in [2.45, 2.75) is 6.92 Å². The number of anilines is 2. The highest BCUT2D eigenvalue weighted by Gasteiger charge is 2.12. The number of para-hydroxylation sites is 2. The number of carbonyl (C=O) groups excluding carboxylic acids is 1. The molecule has 4 N–H and O–H groups in total. The average Bonchev–Trinajstić information content (AvgIpc) is 2.35. The molecule has 0 atom stereocenters. The lowest BCUT2D eigenvalue weighted by atomic mass is 10.1. The number of aryl methyl sites for hydroxylation is 1. The number of nitrogen functional groups attached to an aromatic ring is 1. The van der Waals surface area contributed by atoms with Crippen LogP contribution in [0, 0.1) is 6.92 Å². The van der Waals surface area contributed by atoms with Crippen LogP contribution in [0.2, 0.25) is 0 Å². The Morgan fingerprint density at radius 1 is 1.22 bits per heavy atom. The fourth-order valence-corrected chi connectivity index (χ4v) is 1.63. The fourth-order valence-electron chi connectivity index (χ4n) is 1.63. The summed E-state index contributed by atoms with van der Waals surface area (Å²) >= 11 is 0. The second-order valence-corrected chi connectivity index (χ2v) is 4.06. The topological polar surface area (TPSA) is 75.3 Å². The minimum Gasteiger partial charge on any atom is -0.507 e. The predicted octanol–water partition coefficient (Wildman–Crippen LogP) is 2.54. The normalized spacial score (nSPS) is 10.1. The molecule has 0 saturated carbocycles. The molecule has 18 heavy (non-hydrogen) atoms. The zero-order valence-corrected chi connectivity index (χ0v) is 9.97. The van der Waals surface area contributed by atoms with Crippen LogP contribution < -0.4 is 11.1 Å². The van der Waals surface area contributed by atoms with Crippen LogP contribution in [0.3, 0.4) is 0 Å². The molecule has 0 spiro atoms. The van der Waals surface area contributed by atoms with Crippen molar-refractivity contribution < 1.29 is 9.90 Å². The monoisotopic (exact) mass is 242 g/mol. The van der Waals surface area contributed by atoms with Gasteiger partial charge in [0, 0.05) is 0 Å². The van der Waals surface area contributed by atoms with E-state index in [9.17, 15) is 9.90 Å². The van der Waals surface area contributed by atoms with Crippen molar-refractivity contribution in [1.29, 1.82) is 0 Å². The van der Waals surface area contributed by atoms with Crippen LogP contribution >= 0.6 is 0 Å². The largest absolute Gasteiger partial charge is 0.507 e. The lowest BCUT2D eigenvalue weighted by Gasteiger charge is -2.09. The second kappa shape index (κ2) is 4.79. The molecule has 0 aliphatic rings. The maximum atomic E-state index is 12.0. The summed E-state index contributed by atoms with van der Waals surface area (Å²) in [5.41, 5.74) is 7.89. The summed E-state index contributed by atoms with van der Waals surface area (Å²) in [7, 11) is 0. The van der Waals surface area contributed by atoms with Crippen molar-refractivity contribution in [3.63, 3.8) is 0 Å². The highest BCUT2D eigenvalue weighted by atomic mass is 16.3. The lowest BCUT2D eigenvalue weighted by molar-refractivity contribution is 0.102. The molecular weight excluding hydrogens is 228 g/mol. The van der Waals surface area contributed by atoms with Gasteiger partial charge in [-0.2, -0.15) is 0 Å². The summed E-state index contributed by atoms with van der Waals surface area (Å²) in [6, 6.07) is 11.8. The molecule has 0 saturated heterocycles. The van der Waals surface area contributed by atoms with E-state index in [-0.39, 0.29) is 17.2 Å². The smallest absolute Gasteiger partial charge is 0.259 e. The van der Waals surface area contributed by atoms with E-state index >= 15 is 0 Å². The van der Waals surface area contributed by atoms with Gasteiger partial charge in [-0.15, -0.1) is 0 Å². The standard InChI is InChI=1S/C14H14N2O2/c1-9-6-7-13(17)10(8-9)14(18)16-12-5-3-2-4-11(12)15/h2-8,17H,15H2,1H3,(H,16,18).